The van der Waals surface area contributed by atoms with Crippen molar-refractivity contribution in [2.45, 2.75) is 6.04 Å². The zero-order valence-electron chi connectivity index (χ0n) is 13.7. The van der Waals surface area contributed by atoms with Crippen LogP contribution in [0.1, 0.15) is 22.2 Å². The van der Waals surface area contributed by atoms with Crippen LogP contribution in [0.2, 0.25) is 0 Å². The first-order chi connectivity index (χ1) is 12.8. The summed E-state index contributed by atoms with van der Waals surface area (Å²) in [7, 11) is 0. The summed E-state index contributed by atoms with van der Waals surface area (Å²) in [5.74, 6) is 0.100. The first kappa shape index (κ1) is 16.0. The fourth-order valence-corrected chi connectivity index (χ4v) is 2.81. The number of nitrogens with zero attached hydrogens (tertiary/aromatic N) is 3. The lowest BCUT2D eigenvalue weighted by molar-refractivity contribution is 0.0909. The number of rotatable bonds is 5. The molecule has 0 saturated heterocycles. The van der Waals surface area contributed by atoms with E-state index in [1.165, 1.54) is 12.5 Å². The topological polar surface area (TPSA) is 92.7 Å². The predicted molar refractivity (Wildman–Crippen MR) is 94.4 cm³/mol. The Labute approximate surface area is 148 Å². The lowest BCUT2D eigenvalue weighted by Gasteiger charge is -2.13. The minimum absolute atomic E-state index is 0.277. The van der Waals surface area contributed by atoms with E-state index >= 15 is 0 Å². The van der Waals surface area contributed by atoms with Gasteiger partial charge in [0.15, 0.2) is 5.65 Å². The number of furan rings is 1. The normalized spacial score (nSPS) is 12.2. The summed E-state index contributed by atoms with van der Waals surface area (Å²) < 4.78 is 6.89. The maximum absolute atomic E-state index is 12.7. The summed E-state index contributed by atoms with van der Waals surface area (Å²) in [6, 6.07) is 14.4. The van der Waals surface area contributed by atoms with Crippen molar-refractivity contribution in [2.24, 2.45) is 0 Å². The molecule has 130 valence electrons. The zero-order valence-corrected chi connectivity index (χ0v) is 13.7. The number of fused-ring (bicyclic) bond motifs is 1. The van der Waals surface area contributed by atoms with Gasteiger partial charge in [-0.2, -0.15) is 5.10 Å². The van der Waals surface area contributed by atoms with Crippen molar-refractivity contribution in [1.29, 1.82) is 0 Å². The quantitative estimate of drug-likeness (QED) is 0.578. The van der Waals surface area contributed by atoms with Crippen LogP contribution in [0.3, 0.4) is 0 Å². The van der Waals surface area contributed by atoms with Crippen LogP contribution in [0.25, 0.3) is 16.9 Å². The number of amides is 1. The third-order valence-corrected chi connectivity index (χ3v) is 4.09. The SMILES string of the molecule is O=C(NC(CO)c1ccco1)c1cnn2c(-c3ccccc3)ccnc12. The lowest BCUT2D eigenvalue weighted by Crippen LogP contribution is -2.30. The monoisotopic (exact) mass is 348 g/mol. The van der Waals surface area contributed by atoms with Gasteiger partial charge in [0.05, 0.1) is 24.8 Å². The molecule has 7 heteroatoms. The number of carbonyl (C=O) groups excluding carboxylic acids is 1. The molecule has 0 aliphatic rings. The molecule has 2 N–H and O–H groups in total. The molecule has 0 aliphatic carbocycles. The standard InChI is InChI=1S/C19H16N4O3/c24-12-15(17-7-4-10-26-17)22-19(25)14-11-21-23-16(8-9-20-18(14)23)13-5-2-1-3-6-13/h1-11,15,24H,12H2,(H,22,25). The molecule has 4 rings (SSSR count). The van der Waals surface area contributed by atoms with Crippen molar-refractivity contribution in [2.75, 3.05) is 6.61 Å². The third-order valence-electron chi connectivity index (χ3n) is 4.09. The molecule has 26 heavy (non-hydrogen) atoms. The fraction of sp³-hybridized carbons (Fsp3) is 0.105. The summed E-state index contributed by atoms with van der Waals surface area (Å²) in [5, 5.41) is 16.6. The largest absolute Gasteiger partial charge is 0.467 e. The van der Waals surface area contributed by atoms with E-state index in [4.69, 9.17) is 4.42 Å². The number of carbonyl (C=O) groups is 1. The first-order valence-electron chi connectivity index (χ1n) is 8.11. The second-order valence-corrected chi connectivity index (χ2v) is 5.71. The van der Waals surface area contributed by atoms with Crippen molar-refractivity contribution in [3.05, 3.63) is 78.5 Å². The second kappa shape index (κ2) is 6.81. The van der Waals surface area contributed by atoms with Gasteiger partial charge in [-0.3, -0.25) is 4.79 Å². The van der Waals surface area contributed by atoms with E-state index in [9.17, 15) is 9.90 Å². The highest BCUT2D eigenvalue weighted by molar-refractivity contribution is 6.00. The summed E-state index contributed by atoms with van der Waals surface area (Å²) >= 11 is 0. The van der Waals surface area contributed by atoms with Crippen LogP contribution in [0.5, 0.6) is 0 Å². The highest BCUT2D eigenvalue weighted by atomic mass is 16.3. The van der Waals surface area contributed by atoms with Gasteiger partial charge in [0.2, 0.25) is 0 Å². The van der Waals surface area contributed by atoms with E-state index in [-0.39, 0.29) is 12.5 Å². The van der Waals surface area contributed by atoms with Crippen LogP contribution in [0.15, 0.2) is 71.6 Å². The van der Waals surface area contributed by atoms with Crippen molar-refractivity contribution in [3.8, 4) is 11.3 Å². The predicted octanol–water partition coefficient (Wildman–Crippen LogP) is 2.45. The summed E-state index contributed by atoms with van der Waals surface area (Å²) in [6.45, 7) is -0.277. The highest BCUT2D eigenvalue weighted by Gasteiger charge is 2.21. The Morgan fingerprint density at radius 1 is 1.19 bits per heavy atom. The molecule has 7 nitrogen and oxygen atoms in total. The molecular formula is C19H16N4O3. The number of benzene rings is 1. The van der Waals surface area contributed by atoms with Crippen LogP contribution in [0.4, 0.5) is 0 Å². The molecule has 3 aromatic heterocycles. The van der Waals surface area contributed by atoms with E-state index in [1.54, 1.807) is 22.8 Å². The van der Waals surface area contributed by atoms with Gasteiger partial charge in [0, 0.05) is 11.8 Å². The number of nitrogens with one attached hydrogen (secondary N) is 1. The molecule has 0 bridgehead atoms. The van der Waals surface area contributed by atoms with Gasteiger partial charge < -0.3 is 14.8 Å². The van der Waals surface area contributed by atoms with Gasteiger partial charge in [0.1, 0.15) is 17.4 Å². The molecule has 0 saturated carbocycles. The molecular weight excluding hydrogens is 332 g/mol. The first-order valence-corrected chi connectivity index (χ1v) is 8.11. The van der Waals surface area contributed by atoms with Gasteiger partial charge >= 0.3 is 0 Å². The van der Waals surface area contributed by atoms with Crippen LogP contribution in [0, 0.1) is 0 Å². The van der Waals surface area contributed by atoms with Crippen molar-refractivity contribution >= 4 is 11.6 Å². The molecule has 3 heterocycles. The minimum Gasteiger partial charge on any atom is -0.467 e. The molecule has 1 unspecified atom stereocenters. The van der Waals surface area contributed by atoms with E-state index < -0.39 is 6.04 Å². The minimum atomic E-state index is -0.634. The van der Waals surface area contributed by atoms with Crippen molar-refractivity contribution in [1.82, 2.24) is 19.9 Å². The third kappa shape index (κ3) is 2.84. The molecule has 0 spiro atoms. The maximum Gasteiger partial charge on any atom is 0.257 e. The smallest absolute Gasteiger partial charge is 0.257 e. The Bertz CT molecular complexity index is 1030. The van der Waals surface area contributed by atoms with E-state index in [2.05, 4.69) is 15.4 Å². The van der Waals surface area contributed by atoms with E-state index in [1.807, 2.05) is 36.4 Å². The lowest BCUT2D eigenvalue weighted by atomic mass is 10.1. The Morgan fingerprint density at radius 2 is 2.04 bits per heavy atom. The molecule has 1 amide bonds. The van der Waals surface area contributed by atoms with Crippen LogP contribution >= 0.6 is 0 Å². The number of aliphatic hydroxyl groups excluding tert-OH is 1. The zero-order chi connectivity index (χ0) is 17.9. The van der Waals surface area contributed by atoms with Crippen molar-refractivity contribution in [3.63, 3.8) is 0 Å². The summed E-state index contributed by atoms with van der Waals surface area (Å²) in [5.41, 5.74) is 2.57. The molecule has 0 aliphatic heterocycles. The average molecular weight is 348 g/mol. The van der Waals surface area contributed by atoms with Gasteiger partial charge in [-0.15, -0.1) is 0 Å². The molecule has 4 aromatic rings. The van der Waals surface area contributed by atoms with Crippen LogP contribution in [-0.2, 0) is 0 Å². The number of aliphatic hydroxyl groups is 1. The second-order valence-electron chi connectivity index (χ2n) is 5.71. The average Bonchev–Trinajstić information content (AvgIpc) is 3.36. The van der Waals surface area contributed by atoms with E-state index in [0.717, 1.165) is 11.3 Å². The Hall–Kier alpha value is -3.45. The summed E-state index contributed by atoms with van der Waals surface area (Å²) in [6.07, 6.45) is 4.61. The molecule has 0 radical (unpaired) electrons. The van der Waals surface area contributed by atoms with Crippen LogP contribution < -0.4 is 5.32 Å². The number of hydrogen-bond acceptors (Lipinski definition) is 5. The Kier molecular flexibility index (Phi) is 4.20. The maximum atomic E-state index is 12.7. The van der Waals surface area contributed by atoms with E-state index in [0.29, 0.717) is 17.0 Å². The Balaban J connectivity index is 1.68. The van der Waals surface area contributed by atoms with Crippen LogP contribution in [-0.4, -0.2) is 32.2 Å². The molecule has 0 fully saturated rings. The number of hydrogen-bond donors (Lipinski definition) is 2. The molecule has 1 aromatic carbocycles. The van der Waals surface area contributed by atoms with Gasteiger partial charge in [0.25, 0.3) is 5.91 Å². The van der Waals surface area contributed by atoms with Gasteiger partial charge in [-0.1, -0.05) is 30.3 Å². The van der Waals surface area contributed by atoms with Gasteiger partial charge in [-0.25, -0.2) is 9.50 Å². The number of aromatic nitrogens is 3. The fourth-order valence-electron chi connectivity index (χ4n) is 2.81. The Morgan fingerprint density at radius 3 is 2.77 bits per heavy atom. The van der Waals surface area contributed by atoms with Crippen molar-refractivity contribution < 1.29 is 14.3 Å². The summed E-state index contributed by atoms with van der Waals surface area (Å²) in [4.78, 5) is 17.0. The van der Waals surface area contributed by atoms with Gasteiger partial charge in [-0.05, 0) is 18.2 Å². The molecule has 1 atom stereocenters. The highest BCUT2D eigenvalue weighted by Crippen LogP contribution is 2.21.